The topological polar surface area (TPSA) is 71.5 Å². The van der Waals surface area contributed by atoms with E-state index in [2.05, 4.69) is 15.9 Å². The second kappa shape index (κ2) is 6.13. The average molecular weight is 382 g/mol. The maximum atomic E-state index is 12.2. The van der Waals surface area contributed by atoms with E-state index in [0.29, 0.717) is 24.5 Å². The fraction of sp³-hybridized carbons (Fsp3) is 0.500. The summed E-state index contributed by atoms with van der Waals surface area (Å²) in [4.78, 5) is 2.18. The van der Waals surface area contributed by atoms with E-state index in [0.717, 1.165) is 4.47 Å². The van der Waals surface area contributed by atoms with Gasteiger partial charge in [0.2, 0.25) is 0 Å². The first-order chi connectivity index (χ1) is 9.28. The Morgan fingerprint density at radius 1 is 1.10 bits per heavy atom. The highest BCUT2D eigenvalue weighted by Crippen LogP contribution is 2.16. The SMILES string of the molecule is O=S1(=O)CCN(CCS(=O)(=O)c2ccc(Br)cc2)CC1. The van der Waals surface area contributed by atoms with Gasteiger partial charge in [-0.1, -0.05) is 15.9 Å². The molecule has 0 aromatic heterocycles. The molecule has 8 heteroatoms. The third-order valence-electron chi connectivity index (χ3n) is 3.29. The highest BCUT2D eigenvalue weighted by Gasteiger charge is 2.23. The van der Waals surface area contributed by atoms with Crippen LogP contribution in [0.4, 0.5) is 0 Å². The Morgan fingerprint density at radius 2 is 1.65 bits per heavy atom. The third-order valence-corrected chi connectivity index (χ3v) is 7.13. The van der Waals surface area contributed by atoms with Gasteiger partial charge in [0, 0.05) is 24.1 Å². The lowest BCUT2D eigenvalue weighted by Crippen LogP contribution is -2.42. The van der Waals surface area contributed by atoms with Gasteiger partial charge in [0.1, 0.15) is 0 Å². The van der Waals surface area contributed by atoms with Gasteiger partial charge < -0.3 is 4.90 Å². The van der Waals surface area contributed by atoms with Gasteiger partial charge in [-0.05, 0) is 24.3 Å². The molecule has 5 nitrogen and oxygen atoms in total. The number of hydrogen-bond donors (Lipinski definition) is 0. The molecule has 1 saturated heterocycles. The number of hydrogen-bond acceptors (Lipinski definition) is 5. The molecule has 0 bridgehead atoms. The van der Waals surface area contributed by atoms with E-state index in [-0.39, 0.29) is 17.3 Å². The first kappa shape index (κ1) is 15.9. The van der Waals surface area contributed by atoms with Crippen LogP contribution in [-0.4, -0.2) is 58.6 Å². The Labute approximate surface area is 127 Å². The summed E-state index contributed by atoms with van der Waals surface area (Å²) in [5, 5.41) is 0. The fourth-order valence-corrected chi connectivity index (χ4v) is 4.81. The molecule has 1 heterocycles. The van der Waals surface area contributed by atoms with Crippen molar-refractivity contribution >= 4 is 35.6 Å². The van der Waals surface area contributed by atoms with Crippen LogP contribution in [0.2, 0.25) is 0 Å². The summed E-state index contributed by atoms with van der Waals surface area (Å²) in [6, 6.07) is 6.53. The van der Waals surface area contributed by atoms with Gasteiger partial charge in [-0.25, -0.2) is 16.8 Å². The standard InChI is InChI=1S/C12H16BrNO4S2/c13-11-1-3-12(4-2-11)20(17,18)10-7-14-5-8-19(15,16)9-6-14/h1-4H,5-10H2. The van der Waals surface area contributed by atoms with Crippen molar-refractivity contribution in [2.45, 2.75) is 4.90 Å². The highest BCUT2D eigenvalue weighted by molar-refractivity contribution is 9.10. The van der Waals surface area contributed by atoms with E-state index in [1.165, 1.54) is 0 Å². The van der Waals surface area contributed by atoms with Crippen molar-refractivity contribution in [2.75, 3.05) is 36.9 Å². The summed E-state index contributed by atoms with van der Waals surface area (Å²) in [5.74, 6) is 0.241. The molecule has 112 valence electrons. The van der Waals surface area contributed by atoms with E-state index in [9.17, 15) is 16.8 Å². The number of sulfone groups is 2. The van der Waals surface area contributed by atoms with Crippen molar-refractivity contribution in [1.29, 1.82) is 0 Å². The summed E-state index contributed by atoms with van der Waals surface area (Å²) in [6.45, 7) is 1.20. The molecule has 20 heavy (non-hydrogen) atoms. The second-order valence-corrected chi connectivity index (χ2v) is 10.1. The van der Waals surface area contributed by atoms with E-state index < -0.39 is 19.7 Å². The molecular formula is C12H16BrNO4S2. The lowest BCUT2D eigenvalue weighted by Gasteiger charge is -2.26. The largest absolute Gasteiger partial charge is 0.300 e. The van der Waals surface area contributed by atoms with Crippen LogP contribution in [0.5, 0.6) is 0 Å². The zero-order valence-corrected chi connectivity index (χ0v) is 14.0. The van der Waals surface area contributed by atoms with Crippen molar-refractivity contribution in [1.82, 2.24) is 4.90 Å². The van der Waals surface area contributed by atoms with Crippen molar-refractivity contribution < 1.29 is 16.8 Å². The monoisotopic (exact) mass is 381 g/mol. The van der Waals surface area contributed by atoms with Gasteiger partial charge in [0.15, 0.2) is 19.7 Å². The Hall–Kier alpha value is -0.440. The Balaban J connectivity index is 1.95. The van der Waals surface area contributed by atoms with Crippen LogP contribution < -0.4 is 0 Å². The van der Waals surface area contributed by atoms with E-state index in [1.54, 1.807) is 24.3 Å². The first-order valence-electron chi connectivity index (χ1n) is 6.20. The van der Waals surface area contributed by atoms with E-state index in [4.69, 9.17) is 0 Å². The molecule has 0 amide bonds. The molecule has 2 rings (SSSR count). The summed E-state index contributed by atoms with van der Waals surface area (Å²) >= 11 is 3.26. The summed E-state index contributed by atoms with van der Waals surface area (Å²) in [5.41, 5.74) is 0. The zero-order chi connectivity index (χ0) is 14.8. The van der Waals surface area contributed by atoms with Crippen molar-refractivity contribution in [3.63, 3.8) is 0 Å². The average Bonchev–Trinajstić information content (AvgIpc) is 2.38. The molecular weight excluding hydrogens is 366 g/mol. The predicted molar refractivity (Wildman–Crippen MR) is 81.3 cm³/mol. The first-order valence-corrected chi connectivity index (χ1v) is 10.5. The van der Waals surface area contributed by atoms with Crippen molar-refractivity contribution in [3.05, 3.63) is 28.7 Å². The molecule has 0 N–H and O–H groups in total. The minimum atomic E-state index is -3.32. The molecule has 0 atom stereocenters. The van der Waals surface area contributed by atoms with Crippen LogP contribution in [0, 0.1) is 0 Å². The quantitative estimate of drug-likeness (QED) is 0.776. The summed E-state index contributed by atoms with van der Waals surface area (Å²) in [7, 11) is -6.24. The van der Waals surface area contributed by atoms with Gasteiger partial charge in [-0.2, -0.15) is 0 Å². The zero-order valence-electron chi connectivity index (χ0n) is 10.8. The van der Waals surface area contributed by atoms with E-state index >= 15 is 0 Å². The van der Waals surface area contributed by atoms with Crippen LogP contribution in [0.15, 0.2) is 33.6 Å². The number of benzene rings is 1. The molecule has 1 aliphatic rings. The molecule has 0 spiro atoms. The van der Waals surface area contributed by atoms with Gasteiger partial charge in [0.05, 0.1) is 22.2 Å². The van der Waals surface area contributed by atoms with E-state index in [1.807, 2.05) is 4.90 Å². The maximum absolute atomic E-state index is 12.2. The Kier molecular flexibility index (Phi) is 4.88. The molecule has 0 aliphatic carbocycles. The third kappa shape index (κ3) is 4.28. The van der Waals surface area contributed by atoms with Crippen LogP contribution >= 0.6 is 15.9 Å². The smallest absolute Gasteiger partial charge is 0.179 e. The van der Waals surface area contributed by atoms with Gasteiger partial charge in [-0.15, -0.1) is 0 Å². The number of rotatable bonds is 4. The Morgan fingerprint density at radius 3 is 2.20 bits per heavy atom. The lowest BCUT2D eigenvalue weighted by molar-refractivity contribution is 0.312. The minimum absolute atomic E-state index is 0.00861. The molecule has 1 fully saturated rings. The minimum Gasteiger partial charge on any atom is -0.300 e. The van der Waals surface area contributed by atoms with Crippen molar-refractivity contribution in [3.8, 4) is 0 Å². The molecule has 1 aliphatic heterocycles. The van der Waals surface area contributed by atoms with Crippen LogP contribution in [0.25, 0.3) is 0 Å². The summed E-state index contributed by atoms with van der Waals surface area (Å²) < 4.78 is 47.7. The highest BCUT2D eigenvalue weighted by atomic mass is 79.9. The Bertz CT molecular complexity index is 654. The maximum Gasteiger partial charge on any atom is 0.179 e. The molecule has 1 aromatic rings. The van der Waals surface area contributed by atoms with Gasteiger partial charge >= 0.3 is 0 Å². The van der Waals surface area contributed by atoms with Gasteiger partial charge in [0.25, 0.3) is 0 Å². The van der Waals surface area contributed by atoms with Crippen molar-refractivity contribution in [2.24, 2.45) is 0 Å². The number of nitrogens with zero attached hydrogens (tertiary/aromatic N) is 1. The molecule has 1 aromatic carbocycles. The summed E-state index contributed by atoms with van der Waals surface area (Å²) in [6.07, 6.45) is 0. The fourth-order valence-electron chi connectivity index (χ4n) is 1.98. The molecule has 0 saturated carbocycles. The lowest BCUT2D eigenvalue weighted by atomic mass is 10.4. The normalized spacial score (nSPS) is 19.9. The van der Waals surface area contributed by atoms with Gasteiger partial charge in [-0.3, -0.25) is 0 Å². The van der Waals surface area contributed by atoms with Crippen LogP contribution in [0.1, 0.15) is 0 Å². The molecule has 0 unspecified atom stereocenters. The molecule has 0 radical (unpaired) electrons. The number of halogens is 1. The second-order valence-electron chi connectivity index (χ2n) is 4.77. The predicted octanol–water partition coefficient (Wildman–Crippen LogP) is 0.953. The van der Waals surface area contributed by atoms with Crippen LogP contribution in [0.3, 0.4) is 0 Å². The van der Waals surface area contributed by atoms with Crippen LogP contribution in [-0.2, 0) is 19.7 Å².